The molecule has 3 aliphatic rings. The lowest BCUT2D eigenvalue weighted by atomic mass is 9.66. The maximum Gasteiger partial charge on any atom is 0.137 e. The predicted octanol–water partition coefficient (Wildman–Crippen LogP) is 15.5. The monoisotopic (exact) mass is 761 g/mol. The first-order valence-electron chi connectivity index (χ1n) is 21.0. The van der Waals surface area contributed by atoms with E-state index in [0.29, 0.717) is 5.92 Å². The zero-order valence-corrected chi connectivity index (χ0v) is 32.5. The molecule has 13 rings (SSSR count). The highest BCUT2D eigenvalue weighted by molar-refractivity contribution is 6.18. The van der Waals surface area contributed by atoms with Gasteiger partial charge in [0, 0.05) is 33.7 Å². The number of para-hydroxylation sites is 2. The number of ether oxygens (including phenoxy) is 1. The van der Waals surface area contributed by atoms with Gasteiger partial charge in [-0.1, -0.05) is 128 Å². The van der Waals surface area contributed by atoms with Gasteiger partial charge in [0.05, 0.1) is 27.6 Å². The summed E-state index contributed by atoms with van der Waals surface area (Å²) in [6.45, 7) is 0. The van der Waals surface area contributed by atoms with Gasteiger partial charge in [-0.25, -0.2) is 0 Å². The molecule has 1 aliphatic heterocycles. The molecular formula is C55H39NO3. The molecule has 0 saturated heterocycles. The maximum absolute atomic E-state index is 7.06. The van der Waals surface area contributed by atoms with E-state index >= 15 is 0 Å². The smallest absolute Gasteiger partial charge is 0.137 e. The topological polar surface area (TPSA) is 38.8 Å². The number of benzene rings is 8. The highest BCUT2D eigenvalue weighted by Crippen LogP contribution is 2.62. The van der Waals surface area contributed by atoms with Gasteiger partial charge in [-0.3, -0.25) is 0 Å². The first kappa shape index (κ1) is 33.0. The van der Waals surface area contributed by atoms with E-state index in [1.807, 2.05) is 6.07 Å². The second-order valence-corrected chi connectivity index (χ2v) is 16.5. The number of hydrogen-bond donors (Lipinski definition) is 0. The number of furan rings is 2. The van der Waals surface area contributed by atoms with Gasteiger partial charge in [-0.2, -0.15) is 0 Å². The number of fused-ring (bicyclic) bond motifs is 15. The van der Waals surface area contributed by atoms with Crippen LogP contribution in [0.15, 0.2) is 179 Å². The fourth-order valence-electron chi connectivity index (χ4n) is 11.0. The second kappa shape index (κ2) is 12.5. The largest absolute Gasteiger partial charge is 0.457 e. The average molecular weight is 762 g/mol. The average Bonchev–Trinajstić information content (AvgIpc) is 3.96. The third-order valence-electron chi connectivity index (χ3n) is 13.5. The molecule has 0 amide bonds. The van der Waals surface area contributed by atoms with Crippen molar-refractivity contribution in [1.29, 1.82) is 0 Å². The Kier molecular flexibility index (Phi) is 6.98. The van der Waals surface area contributed by atoms with Crippen LogP contribution in [-0.2, 0) is 5.41 Å². The van der Waals surface area contributed by atoms with E-state index in [0.717, 1.165) is 83.6 Å². The second-order valence-electron chi connectivity index (χ2n) is 16.5. The summed E-state index contributed by atoms with van der Waals surface area (Å²) in [4.78, 5) is 2.40. The summed E-state index contributed by atoms with van der Waals surface area (Å²) in [6, 6.07) is 61.4. The summed E-state index contributed by atoms with van der Waals surface area (Å²) in [5.41, 5.74) is 14.8. The van der Waals surface area contributed by atoms with Gasteiger partial charge in [0.25, 0.3) is 0 Å². The minimum Gasteiger partial charge on any atom is -0.457 e. The summed E-state index contributed by atoms with van der Waals surface area (Å²) in [7, 11) is 0. The van der Waals surface area contributed by atoms with Crippen molar-refractivity contribution in [2.45, 2.75) is 43.4 Å². The minimum atomic E-state index is -0.544. The molecule has 4 nitrogen and oxygen atoms in total. The van der Waals surface area contributed by atoms with Crippen LogP contribution in [0.25, 0.3) is 55.0 Å². The standard InChI is InChI=1S/C55H39NO3/c1-2-14-34(15-3-1)35-28-31-48-40(32-35)54-46(23-13-27-51(54)58-48)56(45-22-12-26-50-53(45)39-18-6-10-24-47(39)57-50)36-29-30-44-52(33-36)59-49-25-11-9-21-43(49)55(44)41-19-7-4-16-37(41)38-17-5-8-20-42(38)55/h4-13,16-34H,1-3,14-15H2. The molecule has 0 radical (unpaired) electrons. The first-order chi connectivity index (χ1) is 29.3. The van der Waals surface area contributed by atoms with E-state index in [4.69, 9.17) is 13.6 Å². The van der Waals surface area contributed by atoms with E-state index in [1.54, 1.807) is 0 Å². The molecule has 1 saturated carbocycles. The molecule has 2 aromatic heterocycles. The van der Waals surface area contributed by atoms with Crippen LogP contribution in [-0.4, -0.2) is 0 Å². The molecule has 0 bridgehead atoms. The molecule has 4 heteroatoms. The molecule has 3 heterocycles. The Balaban J connectivity index is 1.10. The van der Waals surface area contributed by atoms with Crippen molar-refractivity contribution in [3.63, 3.8) is 0 Å². The number of rotatable bonds is 4. The van der Waals surface area contributed by atoms with Crippen LogP contribution in [0, 0.1) is 0 Å². The number of hydrogen-bond acceptors (Lipinski definition) is 4. The Bertz CT molecular complexity index is 3280. The van der Waals surface area contributed by atoms with Gasteiger partial charge in [0.2, 0.25) is 0 Å². The highest BCUT2D eigenvalue weighted by atomic mass is 16.5. The SMILES string of the molecule is c1ccc2c(c1)Oc1cc(N(c3cccc4oc5ccccc5c34)c3cccc4oc5ccc(C6CCCCC6)cc5c34)ccc1C21c2ccccc2-c2ccccc21. The minimum absolute atomic E-state index is 0.544. The Labute approximate surface area is 341 Å². The van der Waals surface area contributed by atoms with Gasteiger partial charge in [0.15, 0.2) is 0 Å². The highest BCUT2D eigenvalue weighted by Gasteiger charge is 2.51. The summed E-state index contributed by atoms with van der Waals surface area (Å²) < 4.78 is 20.3. The number of nitrogens with zero attached hydrogens (tertiary/aromatic N) is 1. The Hall–Kier alpha value is -7.04. The molecule has 10 aromatic rings. The third kappa shape index (κ3) is 4.60. The molecule has 0 N–H and O–H groups in total. The van der Waals surface area contributed by atoms with E-state index in [9.17, 15) is 0 Å². The van der Waals surface area contributed by atoms with Gasteiger partial charge in [-0.15, -0.1) is 0 Å². The van der Waals surface area contributed by atoms with Crippen molar-refractivity contribution >= 4 is 60.9 Å². The van der Waals surface area contributed by atoms with E-state index in [-0.39, 0.29) is 0 Å². The van der Waals surface area contributed by atoms with Crippen LogP contribution in [0.2, 0.25) is 0 Å². The van der Waals surface area contributed by atoms with E-state index in [1.165, 1.54) is 59.9 Å². The molecule has 0 unspecified atom stereocenters. The van der Waals surface area contributed by atoms with E-state index in [2.05, 4.69) is 169 Å². The van der Waals surface area contributed by atoms with Crippen LogP contribution in [0.3, 0.4) is 0 Å². The van der Waals surface area contributed by atoms with Crippen molar-refractivity contribution in [2.24, 2.45) is 0 Å². The molecule has 2 aliphatic carbocycles. The van der Waals surface area contributed by atoms with Crippen molar-refractivity contribution in [3.8, 4) is 22.6 Å². The fraction of sp³-hybridized carbons (Fsp3) is 0.127. The van der Waals surface area contributed by atoms with Gasteiger partial charge in [0.1, 0.15) is 33.8 Å². The molecule has 0 atom stereocenters. The van der Waals surface area contributed by atoms with Gasteiger partial charge >= 0.3 is 0 Å². The Morgan fingerprint density at radius 1 is 0.441 bits per heavy atom. The van der Waals surface area contributed by atoms with Crippen molar-refractivity contribution in [1.82, 2.24) is 0 Å². The lowest BCUT2D eigenvalue weighted by molar-refractivity contribution is 0.436. The summed E-state index contributed by atoms with van der Waals surface area (Å²) in [5.74, 6) is 2.29. The van der Waals surface area contributed by atoms with Crippen LogP contribution in [0.4, 0.5) is 17.1 Å². The Morgan fingerprint density at radius 3 is 1.78 bits per heavy atom. The van der Waals surface area contributed by atoms with Crippen molar-refractivity contribution in [2.75, 3.05) is 4.90 Å². The molecule has 1 fully saturated rings. The maximum atomic E-state index is 7.06. The summed E-state index contributed by atoms with van der Waals surface area (Å²) in [6.07, 6.45) is 6.39. The predicted molar refractivity (Wildman–Crippen MR) is 239 cm³/mol. The molecule has 1 spiro atoms. The molecular weight excluding hydrogens is 723 g/mol. The quantitative estimate of drug-likeness (QED) is 0.179. The third-order valence-corrected chi connectivity index (χ3v) is 13.5. The lowest BCUT2D eigenvalue weighted by Crippen LogP contribution is -2.32. The fourth-order valence-corrected chi connectivity index (χ4v) is 11.0. The first-order valence-corrected chi connectivity index (χ1v) is 21.0. The Morgan fingerprint density at radius 2 is 1.03 bits per heavy atom. The summed E-state index contributed by atoms with van der Waals surface area (Å²) >= 11 is 0. The summed E-state index contributed by atoms with van der Waals surface area (Å²) in [5, 5.41) is 4.39. The molecule has 8 aromatic carbocycles. The van der Waals surface area contributed by atoms with Crippen LogP contribution < -0.4 is 9.64 Å². The number of anilines is 3. The van der Waals surface area contributed by atoms with Crippen molar-refractivity contribution in [3.05, 3.63) is 198 Å². The van der Waals surface area contributed by atoms with Crippen molar-refractivity contribution < 1.29 is 13.6 Å². The molecule has 59 heavy (non-hydrogen) atoms. The zero-order chi connectivity index (χ0) is 38.7. The van der Waals surface area contributed by atoms with E-state index < -0.39 is 5.41 Å². The molecule has 282 valence electrons. The van der Waals surface area contributed by atoms with Gasteiger partial charge in [-0.05, 0) is 101 Å². The van der Waals surface area contributed by atoms with Crippen LogP contribution in [0.1, 0.15) is 65.8 Å². The van der Waals surface area contributed by atoms with Gasteiger partial charge < -0.3 is 18.5 Å². The van der Waals surface area contributed by atoms with Crippen LogP contribution >= 0.6 is 0 Å². The normalized spacial score (nSPS) is 15.3. The zero-order valence-electron chi connectivity index (χ0n) is 32.5. The lowest BCUT2D eigenvalue weighted by Gasteiger charge is -2.40. The van der Waals surface area contributed by atoms with Crippen LogP contribution in [0.5, 0.6) is 11.5 Å².